The Bertz CT molecular complexity index is 551. The minimum atomic E-state index is -3.63. The number of rotatable bonds is 5. The lowest BCUT2D eigenvalue weighted by Crippen LogP contribution is -2.49. The number of para-hydroxylation sites is 1. The Labute approximate surface area is 135 Å². The second-order valence-electron chi connectivity index (χ2n) is 6.41. The highest BCUT2D eigenvalue weighted by molar-refractivity contribution is 5.85. The van der Waals surface area contributed by atoms with Crippen LogP contribution >= 0.6 is 0 Å². The summed E-state index contributed by atoms with van der Waals surface area (Å²) in [4.78, 5) is 12.1. The highest BCUT2D eigenvalue weighted by Crippen LogP contribution is 2.36. The van der Waals surface area contributed by atoms with Gasteiger partial charge in [0.05, 0.1) is 12.2 Å². The van der Waals surface area contributed by atoms with Crippen LogP contribution in [0, 0.1) is 0 Å². The molecule has 23 heavy (non-hydrogen) atoms. The number of hydrogen-bond donors (Lipinski definition) is 2. The monoisotopic (exact) mass is 326 g/mol. The van der Waals surface area contributed by atoms with E-state index >= 15 is 0 Å². The van der Waals surface area contributed by atoms with Gasteiger partial charge < -0.3 is 15.8 Å². The second-order valence-corrected chi connectivity index (χ2v) is 6.41. The molecule has 1 aromatic carbocycles. The molecule has 1 fully saturated rings. The average Bonchev–Trinajstić information content (AvgIpc) is 2.50. The van der Waals surface area contributed by atoms with E-state index in [1.54, 1.807) is 13.0 Å². The van der Waals surface area contributed by atoms with E-state index in [0.29, 0.717) is 25.7 Å². The summed E-state index contributed by atoms with van der Waals surface area (Å²) >= 11 is 0. The van der Waals surface area contributed by atoms with Crippen molar-refractivity contribution < 1.29 is 18.3 Å². The number of nitrogens with one attached hydrogen (secondary N) is 1. The molecule has 3 N–H and O–H groups in total. The van der Waals surface area contributed by atoms with E-state index in [4.69, 9.17) is 10.5 Å². The van der Waals surface area contributed by atoms with Crippen LogP contribution in [0.4, 0.5) is 8.78 Å². The molecule has 0 heterocycles. The van der Waals surface area contributed by atoms with Gasteiger partial charge in [0.2, 0.25) is 0 Å². The Morgan fingerprint density at radius 2 is 2.00 bits per heavy atom. The zero-order valence-corrected chi connectivity index (χ0v) is 13.6. The summed E-state index contributed by atoms with van der Waals surface area (Å²) in [7, 11) is 0. The van der Waals surface area contributed by atoms with Crippen LogP contribution in [0.2, 0.25) is 0 Å². The zero-order valence-electron chi connectivity index (χ0n) is 13.6. The molecule has 0 aromatic heterocycles. The summed E-state index contributed by atoms with van der Waals surface area (Å²) in [5, 5.41) is 2.46. The summed E-state index contributed by atoms with van der Waals surface area (Å²) in [5.74, 6) is -4.88. The first-order chi connectivity index (χ1) is 10.8. The predicted molar refractivity (Wildman–Crippen MR) is 84.5 cm³/mol. The van der Waals surface area contributed by atoms with E-state index in [1.165, 1.54) is 18.2 Å². The fourth-order valence-corrected chi connectivity index (χ4v) is 2.83. The molecule has 1 saturated carbocycles. The van der Waals surface area contributed by atoms with Gasteiger partial charge in [-0.1, -0.05) is 12.1 Å². The lowest BCUT2D eigenvalue weighted by molar-refractivity contribution is -0.148. The van der Waals surface area contributed by atoms with Crippen LogP contribution in [0.1, 0.15) is 45.1 Å². The molecule has 1 aromatic rings. The number of nitrogens with two attached hydrogens (primary N) is 1. The molecule has 128 valence electrons. The normalized spacial score (nSPS) is 25.0. The van der Waals surface area contributed by atoms with Crippen LogP contribution < -0.4 is 15.8 Å². The number of halogens is 2. The van der Waals surface area contributed by atoms with Crippen molar-refractivity contribution in [1.29, 1.82) is 0 Å². The van der Waals surface area contributed by atoms with Crippen molar-refractivity contribution in [1.82, 2.24) is 5.32 Å². The van der Waals surface area contributed by atoms with Crippen molar-refractivity contribution in [2.45, 2.75) is 57.0 Å². The molecule has 4 nitrogen and oxygen atoms in total. The molecular formula is C17H24F2N2O2. The second kappa shape index (κ2) is 6.83. The highest BCUT2D eigenvalue weighted by Gasteiger charge is 2.44. The van der Waals surface area contributed by atoms with Crippen LogP contribution in [0.15, 0.2) is 24.3 Å². The number of carbonyl (C=O) groups excluding carboxylic acids is 1. The SMILES string of the molecule is CCOc1ccccc1C(F)(F)C(=O)NC1CCC(C)(N)CC1. The van der Waals surface area contributed by atoms with Gasteiger partial charge in [-0.2, -0.15) is 8.78 Å². The number of carbonyl (C=O) groups is 1. The third-order valence-electron chi connectivity index (χ3n) is 4.27. The quantitative estimate of drug-likeness (QED) is 0.874. The smallest absolute Gasteiger partial charge is 0.353 e. The molecule has 0 bridgehead atoms. The van der Waals surface area contributed by atoms with E-state index in [-0.39, 0.29) is 23.9 Å². The van der Waals surface area contributed by atoms with Crippen LogP contribution in [0.5, 0.6) is 5.75 Å². The Morgan fingerprint density at radius 3 is 2.61 bits per heavy atom. The van der Waals surface area contributed by atoms with Crippen LogP contribution in [-0.4, -0.2) is 24.1 Å². The van der Waals surface area contributed by atoms with Gasteiger partial charge in [-0.05, 0) is 51.7 Å². The molecule has 0 atom stereocenters. The van der Waals surface area contributed by atoms with E-state index in [9.17, 15) is 13.6 Å². The molecule has 6 heteroatoms. The molecule has 1 aliphatic carbocycles. The average molecular weight is 326 g/mol. The topological polar surface area (TPSA) is 64.3 Å². The molecule has 2 rings (SSSR count). The lowest BCUT2D eigenvalue weighted by atomic mass is 9.81. The number of hydrogen-bond acceptors (Lipinski definition) is 3. The van der Waals surface area contributed by atoms with Crippen molar-refractivity contribution in [2.75, 3.05) is 6.61 Å². The standard InChI is InChI=1S/C17H24F2N2O2/c1-3-23-14-7-5-4-6-13(14)17(18,19)15(22)21-12-8-10-16(2,20)11-9-12/h4-7,12H,3,8-11,20H2,1-2H3,(H,21,22). The zero-order chi connectivity index (χ0) is 17.1. The van der Waals surface area contributed by atoms with Gasteiger partial charge in [0.15, 0.2) is 0 Å². The van der Waals surface area contributed by atoms with E-state index in [0.717, 1.165) is 0 Å². The molecular weight excluding hydrogens is 302 g/mol. The minimum Gasteiger partial charge on any atom is -0.493 e. The first kappa shape index (κ1) is 17.7. The number of ether oxygens (including phenoxy) is 1. The fraction of sp³-hybridized carbons (Fsp3) is 0.588. The van der Waals surface area contributed by atoms with Crippen molar-refractivity contribution in [3.05, 3.63) is 29.8 Å². The molecule has 0 saturated heterocycles. The van der Waals surface area contributed by atoms with Gasteiger partial charge in [-0.25, -0.2) is 0 Å². The lowest BCUT2D eigenvalue weighted by Gasteiger charge is -2.35. The van der Waals surface area contributed by atoms with Crippen molar-refractivity contribution in [2.24, 2.45) is 5.73 Å². The van der Waals surface area contributed by atoms with Gasteiger partial charge >= 0.3 is 5.92 Å². The Hall–Kier alpha value is -1.69. The van der Waals surface area contributed by atoms with Crippen molar-refractivity contribution >= 4 is 5.91 Å². The maximum Gasteiger partial charge on any atom is 0.353 e. The van der Waals surface area contributed by atoms with Crippen molar-refractivity contribution in [3.8, 4) is 5.75 Å². The first-order valence-corrected chi connectivity index (χ1v) is 7.96. The summed E-state index contributed by atoms with van der Waals surface area (Å²) in [5.41, 5.74) is 5.35. The molecule has 0 unspecified atom stereocenters. The van der Waals surface area contributed by atoms with Gasteiger partial charge in [0.1, 0.15) is 5.75 Å². The Kier molecular flexibility index (Phi) is 5.24. The van der Waals surface area contributed by atoms with Crippen LogP contribution in [0.25, 0.3) is 0 Å². The third-order valence-corrected chi connectivity index (χ3v) is 4.27. The van der Waals surface area contributed by atoms with Gasteiger partial charge in [0, 0.05) is 11.6 Å². The number of alkyl halides is 2. The number of benzene rings is 1. The maximum atomic E-state index is 14.5. The molecule has 0 spiro atoms. The summed E-state index contributed by atoms with van der Waals surface area (Å²) < 4.78 is 34.3. The van der Waals surface area contributed by atoms with Crippen LogP contribution in [0.3, 0.4) is 0 Å². The first-order valence-electron chi connectivity index (χ1n) is 7.96. The Morgan fingerprint density at radius 1 is 1.39 bits per heavy atom. The van der Waals surface area contributed by atoms with E-state index in [2.05, 4.69) is 5.32 Å². The number of amides is 1. The fourth-order valence-electron chi connectivity index (χ4n) is 2.83. The molecule has 0 radical (unpaired) electrons. The minimum absolute atomic E-state index is 0.0355. The van der Waals surface area contributed by atoms with E-state index in [1.807, 2.05) is 6.92 Å². The summed E-state index contributed by atoms with van der Waals surface area (Å²) in [6, 6.07) is 5.48. The maximum absolute atomic E-state index is 14.5. The predicted octanol–water partition coefficient (Wildman–Crippen LogP) is 2.95. The molecule has 1 amide bonds. The van der Waals surface area contributed by atoms with Gasteiger partial charge in [0.25, 0.3) is 5.91 Å². The van der Waals surface area contributed by atoms with Crippen LogP contribution in [-0.2, 0) is 10.7 Å². The van der Waals surface area contributed by atoms with Gasteiger partial charge in [-0.15, -0.1) is 0 Å². The molecule has 1 aliphatic rings. The van der Waals surface area contributed by atoms with Gasteiger partial charge in [-0.3, -0.25) is 4.79 Å². The Balaban J connectivity index is 2.09. The largest absolute Gasteiger partial charge is 0.493 e. The van der Waals surface area contributed by atoms with Crippen molar-refractivity contribution in [3.63, 3.8) is 0 Å². The summed E-state index contributed by atoms with van der Waals surface area (Å²) in [6.07, 6.45) is 2.64. The summed E-state index contributed by atoms with van der Waals surface area (Å²) in [6.45, 7) is 3.91. The van der Waals surface area contributed by atoms with E-state index < -0.39 is 17.4 Å². The highest BCUT2D eigenvalue weighted by atomic mass is 19.3. The molecule has 0 aliphatic heterocycles. The third kappa shape index (κ3) is 4.19.